The van der Waals surface area contributed by atoms with Crippen LogP contribution in [0.4, 0.5) is 4.39 Å². The first kappa shape index (κ1) is 14.6. The summed E-state index contributed by atoms with van der Waals surface area (Å²) in [5.74, 6) is -1.02. The predicted octanol–water partition coefficient (Wildman–Crippen LogP) is 1.01. The lowest BCUT2D eigenvalue weighted by molar-refractivity contribution is 0.138. The van der Waals surface area contributed by atoms with Crippen LogP contribution in [0.15, 0.2) is 15.8 Å². The molecule has 1 aromatic rings. The highest BCUT2D eigenvalue weighted by Crippen LogP contribution is 2.06. The Kier molecular flexibility index (Phi) is 5.77. The van der Waals surface area contributed by atoms with E-state index in [1.165, 1.54) is 0 Å². The molecule has 1 unspecified atom stereocenters. The summed E-state index contributed by atoms with van der Waals surface area (Å²) in [5, 5.41) is 9.71. The van der Waals surface area contributed by atoms with E-state index in [9.17, 15) is 19.1 Å². The van der Waals surface area contributed by atoms with Crippen molar-refractivity contribution in [1.82, 2.24) is 9.55 Å². The number of aromatic amines is 1. The zero-order valence-electron chi connectivity index (χ0n) is 10.5. The first-order valence-corrected chi connectivity index (χ1v) is 6.22. The summed E-state index contributed by atoms with van der Waals surface area (Å²) >= 11 is 0. The molecular formula is C12H19FN2O3. The standard InChI is InChI=1S/C12H19FN2O3/c1-2-3-4-5-6-9(16)7-15-8-10(13)11(17)14-12(15)18/h8-9,16H,2-7H2,1H3,(H,14,17,18). The van der Waals surface area contributed by atoms with Gasteiger partial charge < -0.3 is 5.11 Å². The fourth-order valence-electron chi connectivity index (χ4n) is 1.74. The van der Waals surface area contributed by atoms with Crippen molar-refractivity contribution in [3.05, 3.63) is 32.9 Å². The molecule has 1 heterocycles. The molecule has 0 aliphatic rings. The van der Waals surface area contributed by atoms with E-state index in [-0.39, 0.29) is 6.54 Å². The summed E-state index contributed by atoms with van der Waals surface area (Å²) in [6.07, 6.45) is 4.81. The van der Waals surface area contributed by atoms with Gasteiger partial charge in [-0.1, -0.05) is 32.6 Å². The Bertz CT molecular complexity index is 481. The van der Waals surface area contributed by atoms with Gasteiger partial charge in [0, 0.05) is 0 Å². The van der Waals surface area contributed by atoms with E-state index in [0.29, 0.717) is 6.42 Å². The summed E-state index contributed by atoms with van der Waals surface area (Å²) in [7, 11) is 0. The highest BCUT2D eigenvalue weighted by Gasteiger charge is 2.09. The van der Waals surface area contributed by atoms with Gasteiger partial charge in [-0.3, -0.25) is 14.3 Å². The molecule has 1 aromatic heterocycles. The molecule has 0 fully saturated rings. The van der Waals surface area contributed by atoms with Crippen LogP contribution in [0.5, 0.6) is 0 Å². The molecule has 0 aromatic carbocycles. The van der Waals surface area contributed by atoms with Gasteiger partial charge in [-0.05, 0) is 6.42 Å². The Balaban J connectivity index is 2.54. The second-order valence-electron chi connectivity index (χ2n) is 4.39. The summed E-state index contributed by atoms with van der Waals surface area (Å²) in [6.45, 7) is 2.09. The second-order valence-corrected chi connectivity index (χ2v) is 4.39. The molecule has 5 nitrogen and oxygen atoms in total. The van der Waals surface area contributed by atoms with E-state index in [4.69, 9.17) is 0 Å². The summed E-state index contributed by atoms with van der Waals surface area (Å²) in [4.78, 5) is 24.0. The Morgan fingerprint density at radius 1 is 1.39 bits per heavy atom. The normalized spacial score (nSPS) is 12.6. The second kappa shape index (κ2) is 7.10. The monoisotopic (exact) mass is 258 g/mol. The van der Waals surface area contributed by atoms with Crippen LogP contribution < -0.4 is 11.2 Å². The number of aromatic nitrogens is 2. The van der Waals surface area contributed by atoms with Gasteiger partial charge in [-0.25, -0.2) is 4.79 Å². The molecule has 0 aliphatic carbocycles. The quantitative estimate of drug-likeness (QED) is 0.717. The van der Waals surface area contributed by atoms with Crippen LogP contribution in [0.2, 0.25) is 0 Å². The molecule has 6 heteroatoms. The molecule has 1 atom stereocenters. The topological polar surface area (TPSA) is 75.1 Å². The van der Waals surface area contributed by atoms with E-state index in [0.717, 1.165) is 36.4 Å². The number of nitrogens with one attached hydrogen (secondary N) is 1. The SMILES string of the molecule is CCCCCCC(O)Cn1cc(F)c(=O)[nH]c1=O. The van der Waals surface area contributed by atoms with Crippen molar-refractivity contribution in [2.45, 2.75) is 51.7 Å². The minimum absolute atomic E-state index is 0.00133. The van der Waals surface area contributed by atoms with E-state index in [1.807, 2.05) is 4.98 Å². The molecule has 0 bridgehead atoms. The molecule has 1 rings (SSSR count). The van der Waals surface area contributed by atoms with Crippen molar-refractivity contribution in [3.8, 4) is 0 Å². The number of aliphatic hydroxyl groups is 1. The average Bonchev–Trinajstić information content (AvgIpc) is 2.32. The highest BCUT2D eigenvalue weighted by molar-refractivity contribution is 4.87. The molecule has 0 radical (unpaired) electrons. The molecular weight excluding hydrogens is 239 g/mol. The first-order valence-electron chi connectivity index (χ1n) is 6.22. The smallest absolute Gasteiger partial charge is 0.328 e. The Morgan fingerprint density at radius 3 is 2.78 bits per heavy atom. The molecule has 0 amide bonds. The molecule has 102 valence electrons. The van der Waals surface area contributed by atoms with Crippen LogP contribution in [-0.2, 0) is 6.54 Å². The number of rotatable bonds is 7. The number of hydrogen-bond acceptors (Lipinski definition) is 3. The van der Waals surface area contributed by atoms with Crippen molar-refractivity contribution in [2.75, 3.05) is 0 Å². The van der Waals surface area contributed by atoms with Crippen LogP contribution in [0.1, 0.15) is 39.0 Å². The fraction of sp³-hybridized carbons (Fsp3) is 0.667. The maximum Gasteiger partial charge on any atom is 0.328 e. The Morgan fingerprint density at radius 2 is 2.11 bits per heavy atom. The van der Waals surface area contributed by atoms with Crippen LogP contribution in [-0.4, -0.2) is 20.8 Å². The maximum absolute atomic E-state index is 13.0. The van der Waals surface area contributed by atoms with Crippen molar-refractivity contribution >= 4 is 0 Å². The van der Waals surface area contributed by atoms with Gasteiger partial charge in [0.25, 0.3) is 5.56 Å². The van der Waals surface area contributed by atoms with Gasteiger partial charge in [-0.15, -0.1) is 0 Å². The van der Waals surface area contributed by atoms with Gasteiger partial charge in [0.15, 0.2) is 0 Å². The molecule has 0 saturated carbocycles. The largest absolute Gasteiger partial charge is 0.391 e. The molecule has 18 heavy (non-hydrogen) atoms. The maximum atomic E-state index is 13.0. The number of hydrogen-bond donors (Lipinski definition) is 2. The van der Waals surface area contributed by atoms with E-state index < -0.39 is 23.2 Å². The molecule has 0 spiro atoms. The first-order chi connectivity index (χ1) is 8.54. The third-order valence-electron chi connectivity index (χ3n) is 2.77. The minimum Gasteiger partial charge on any atom is -0.391 e. The third kappa shape index (κ3) is 4.44. The van der Waals surface area contributed by atoms with Gasteiger partial charge in [-0.2, -0.15) is 4.39 Å². The van der Waals surface area contributed by atoms with Crippen LogP contribution >= 0.6 is 0 Å². The Hall–Kier alpha value is -1.43. The van der Waals surface area contributed by atoms with Crippen molar-refractivity contribution in [1.29, 1.82) is 0 Å². The Labute approximate surface area is 104 Å². The van der Waals surface area contributed by atoms with E-state index in [2.05, 4.69) is 6.92 Å². The van der Waals surface area contributed by atoms with Crippen molar-refractivity contribution in [3.63, 3.8) is 0 Å². The van der Waals surface area contributed by atoms with Gasteiger partial charge in [0.1, 0.15) is 0 Å². The number of H-pyrrole nitrogens is 1. The lowest BCUT2D eigenvalue weighted by Crippen LogP contribution is -2.34. The molecule has 2 N–H and O–H groups in total. The van der Waals surface area contributed by atoms with Gasteiger partial charge >= 0.3 is 5.69 Å². The lowest BCUT2D eigenvalue weighted by Gasteiger charge is -2.11. The molecule has 0 saturated heterocycles. The number of unbranched alkanes of at least 4 members (excludes halogenated alkanes) is 3. The minimum atomic E-state index is -1.03. The summed E-state index contributed by atoms with van der Waals surface area (Å²) in [6, 6.07) is 0. The van der Waals surface area contributed by atoms with E-state index in [1.54, 1.807) is 0 Å². The fourth-order valence-corrected chi connectivity index (χ4v) is 1.74. The van der Waals surface area contributed by atoms with Crippen molar-refractivity contribution < 1.29 is 9.50 Å². The number of aliphatic hydroxyl groups excluding tert-OH is 1. The predicted molar refractivity (Wildman–Crippen MR) is 66.0 cm³/mol. The van der Waals surface area contributed by atoms with Crippen LogP contribution in [0, 0.1) is 5.82 Å². The molecule has 0 aliphatic heterocycles. The lowest BCUT2D eigenvalue weighted by atomic mass is 10.1. The van der Waals surface area contributed by atoms with Gasteiger partial charge in [0.2, 0.25) is 5.82 Å². The van der Waals surface area contributed by atoms with E-state index >= 15 is 0 Å². The third-order valence-corrected chi connectivity index (χ3v) is 2.77. The number of halogens is 1. The zero-order chi connectivity index (χ0) is 13.5. The average molecular weight is 258 g/mol. The zero-order valence-corrected chi connectivity index (χ0v) is 10.5. The number of nitrogens with zero attached hydrogens (tertiary/aromatic N) is 1. The van der Waals surface area contributed by atoms with Crippen LogP contribution in [0.3, 0.4) is 0 Å². The van der Waals surface area contributed by atoms with Crippen molar-refractivity contribution in [2.24, 2.45) is 0 Å². The highest BCUT2D eigenvalue weighted by atomic mass is 19.1. The summed E-state index contributed by atoms with van der Waals surface area (Å²) < 4.78 is 14.0. The van der Waals surface area contributed by atoms with Crippen LogP contribution in [0.25, 0.3) is 0 Å². The van der Waals surface area contributed by atoms with Gasteiger partial charge in [0.05, 0.1) is 18.8 Å². The summed E-state index contributed by atoms with van der Waals surface area (Å²) in [5.41, 5.74) is -1.73.